The van der Waals surface area contributed by atoms with E-state index < -0.39 is 0 Å². The molecular formula is C14H17. The number of hydrogen-bond donors (Lipinski definition) is 0. The summed E-state index contributed by atoms with van der Waals surface area (Å²) in [6.07, 6.45) is 9.44. The van der Waals surface area contributed by atoms with Crippen molar-refractivity contribution in [3.63, 3.8) is 0 Å². The van der Waals surface area contributed by atoms with Gasteiger partial charge in [0.25, 0.3) is 0 Å². The van der Waals surface area contributed by atoms with E-state index in [0.29, 0.717) is 0 Å². The van der Waals surface area contributed by atoms with E-state index in [1.807, 2.05) is 0 Å². The minimum Gasteiger partial charge on any atom is -0.0809 e. The zero-order valence-electron chi connectivity index (χ0n) is 9.22. The van der Waals surface area contributed by atoms with Crippen LogP contribution >= 0.6 is 0 Å². The van der Waals surface area contributed by atoms with Gasteiger partial charge in [-0.05, 0) is 43.4 Å². The van der Waals surface area contributed by atoms with Gasteiger partial charge in [-0.1, -0.05) is 37.5 Å². The molecule has 1 unspecified atom stereocenters. The summed E-state index contributed by atoms with van der Waals surface area (Å²) >= 11 is 0. The van der Waals surface area contributed by atoms with Gasteiger partial charge in [-0.3, -0.25) is 0 Å². The Kier molecular flexibility index (Phi) is 3.77. The largest absolute Gasteiger partial charge is 0.0809 e. The monoisotopic (exact) mass is 185 g/mol. The van der Waals surface area contributed by atoms with Crippen LogP contribution in [0.3, 0.4) is 0 Å². The van der Waals surface area contributed by atoms with Gasteiger partial charge in [0, 0.05) is 5.92 Å². The standard InChI is InChI=1S/C14H17/c1-5-8-13(6-2)14-10-7-9-11(3)12(14)4/h7,9-10,13H,5,8H2,1,3-4H3. The normalized spacial score (nSPS) is 12.1. The topological polar surface area (TPSA) is 0 Å². The molecule has 0 saturated heterocycles. The van der Waals surface area contributed by atoms with Crippen molar-refractivity contribution in [2.45, 2.75) is 39.5 Å². The van der Waals surface area contributed by atoms with Crippen LogP contribution in [0.4, 0.5) is 0 Å². The van der Waals surface area contributed by atoms with Crippen LogP contribution in [0.1, 0.15) is 42.4 Å². The molecule has 0 aliphatic heterocycles. The van der Waals surface area contributed by atoms with E-state index in [1.165, 1.54) is 16.7 Å². The maximum absolute atomic E-state index is 7.32. The van der Waals surface area contributed by atoms with Gasteiger partial charge >= 0.3 is 0 Å². The second-order valence-corrected chi connectivity index (χ2v) is 3.77. The first kappa shape index (κ1) is 10.9. The van der Waals surface area contributed by atoms with E-state index >= 15 is 0 Å². The summed E-state index contributed by atoms with van der Waals surface area (Å²) in [4.78, 5) is 0. The lowest BCUT2D eigenvalue weighted by molar-refractivity contribution is 0.729. The van der Waals surface area contributed by atoms with Crippen molar-refractivity contribution >= 4 is 0 Å². The predicted molar refractivity (Wildman–Crippen MR) is 60.7 cm³/mol. The van der Waals surface area contributed by atoms with Crippen molar-refractivity contribution in [2.75, 3.05) is 0 Å². The first-order valence-electron chi connectivity index (χ1n) is 5.19. The highest BCUT2D eigenvalue weighted by Crippen LogP contribution is 2.25. The highest BCUT2D eigenvalue weighted by molar-refractivity contribution is 5.38. The van der Waals surface area contributed by atoms with Gasteiger partial charge in [0.1, 0.15) is 0 Å². The Bertz CT molecular complexity index is 342. The van der Waals surface area contributed by atoms with Gasteiger partial charge in [0.2, 0.25) is 0 Å². The summed E-state index contributed by atoms with van der Waals surface area (Å²) in [6, 6.07) is 6.30. The maximum Gasteiger partial charge on any atom is 0.0465 e. The highest BCUT2D eigenvalue weighted by Gasteiger charge is 2.10. The van der Waals surface area contributed by atoms with Crippen molar-refractivity contribution in [3.8, 4) is 5.92 Å². The van der Waals surface area contributed by atoms with Crippen molar-refractivity contribution in [2.24, 2.45) is 0 Å². The van der Waals surface area contributed by atoms with Crippen LogP contribution in [0.5, 0.6) is 0 Å². The van der Waals surface area contributed by atoms with Crippen molar-refractivity contribution in [3.05, 3.63) is 41.3 Å². The molecule has 0 spiro atoms. The van der Waals surface area contributed by atoms with Crippen LogP contribution in [0, 0.1) is 26.2 Å². The average molecular weight is 185 g/mol. The van der Waals surface area contributed by atoms with Crippen LogP contribution in [0.25, 0.3) is 0 Å². The van der Waals surface area contributed by atoms with Gasteiger partial charge in [-0.25, -0.2) is 0 Å². The summed E-state index contributed by atoms with van der Waals surface area (Å²) in [5.41, 5.74) is 3.88. The molecular weight excluding hydrogens is 168 g/mol. The van der Waals surface area contributed by atoms with Gasteiger partial charge in [-0.15, -0.1) is 0 Å². The van der Waals surface area contributed by atoms with Gasteiger partial charge in [0.15, 0.2) is 0 Å². The molecule has 1 aromatic rings. The van der Waals surface area contributed by atoms with E-state index in [4.69, 9.17) is 6.42 Å². The minimum absolute atomic E-state index is 0.180. The summed E-state index contributed by atoms with van der Waals surface area (Å²) in [5, 5.41) is 0. The van der Waals surface area contributed by atoms with E-state index in [0.717, 1.165) is 12.8 Å². The zero-order chi connectivity index (χ0) is 10.6. The van der Waals surface area contributed by atoms with Gasteiger partial charge in [-0.2, -0.15) is 0 Å². The minimum atomic E-state index is 0.180. The molecule has 0 N–H and O–H groups in total. The van der Waals surface area contributed by atoms with Crippen molar-refractivity contribution in [1.82, 2.24) is 0 Å². The molecule has 0 aromatic heterocycles. The van der Waals surface area contributed by atoms with Crippen molar-refractivity contribution < 1.29 is 0 Å². The predicted octanol–water partition coefficient (Wildman–Crippen LogP) is 3.78. The molecule has 0 heterocycles. The van der Waals surface area contributed by atoms with Crippen LogP contribution in [-0.4, -0.2) is 0 Å². The third-order valence-corrected chi connectivity index (χ3v) is 2.77. The number of rotatable bonds is 3. The molecule has 0 bridgehead atoms. The van der Waals surface area contributed by atoms with Crippen LogP contribution in [0.2, 0.25) is 0 Å². The fourth-order valence-corrected chi connectivity index (χ4v) is 1.75. The summed E-state index contributed by atoms with van der Waals surface area (Å²) in [6.45, 7) is 6.39. The molecule has 73 valence electrons. The average Bonchev–Trinajstić information content (AvgIpc) is 2.19. The summed E-state index contributed by atoms with van der Waals surface area (Å²) in [7, 11) is 0. The third kappa shape index (κ3) is 2.17. The van der Waals surface area contributed by atoms with Crippen LogP contribution < -0.4 is 0 Å². The second kappa shape index (κ2) is 4.86. The quantitative estimate of drug-likeness (QED) is 0.629. The molecule has 0 nitrogen and oxygen atoms in total. The fraction of sp³-hybridized carbons (Fsp3) is 0.429. The Morgan fingerprint density at radius 1 is 1.36 bits per heavy atom. The molecule has 1 atom stereocenters. The molecule has 14 heavy (non-hydrogen) atoms. The lowest BCUT2D eigenvalue weighted by Crippen LogP contribution is -1.99. The summed E-state index contributed by atoms with van der Waals surface area (Å²) in [5.74, 6) is 2.82. The van der Waals surface area contributed by atoms with E-state index in [2.05, 4.69) is 44.9 Å². The number of hydrogen-bond acceptors (Lipinski definition) is 0. The Balaban J connectivity index is 3.05. The Morgan fingerprint density at radius 2 is 2.07 bits per heavy atom. The molecule has 0 saturated carbocycles. The molecule has 1 rings (SSSR count). The van der Waals surface area contributed by atoms with Gasteiger partial charge in [0.05, 0.1) is 0 Å². The molecule has 0 fully saturated rings. The third-order valence-electron chi connectivity index (χ3n) is 2.77. The smallest absolute Gasteiger partial charge is 0.0465 e. The van der Waals surface area contributed by atoms with E-state index in [1.54, 1.807) is 0 Å². The SMILES string of the molecule is [C]#CC(CCC)c1cccc(C)c1C. The van der Waals surface area contributed by atoms with E-state index in [-0.39, 0.29) is 5.92 Å². The Hall–Kier alpha value is -1.22. The molecule has 0 amide bonds. The lowest BCUT2D eigenvalue weighted by Gasteiger charge is -2.14. The first-order valence-corrected chi connectivity index (χ1v) is 5.19. The first-order chi connectivity index (χ1) is 6.70. The Labute approximate surface area is 87.4 Å². The second-order valence-electron chi connectivity index (χ2n) is 3.77. The lowest BCUT2D eigenvalue weighted by atomic mass is 9.90. The molecule has 1 aromatic carbocycles. The number of aryl methyl sites for hydroxylation is 1. The summed E-state index contributed by atoms with van der Waals surface area (Å²) < 4.78 is 0. The van der Waals surface area contributed by atoms with Crippen LogP contribution in [0.15, 0.2) is 18.2 Å². The fourth-order valence-electron chi connectivity index (χ4n) is 1.75. The highest BCUT2D eigenvalue weighted by atomic mass is 14.1. The molecule has 0 heteroatoms. The van der Waals surface area contributed by atoms with Crippen LogP contribution in [-0.2, 0) is 0 Å². The molecule has 0 aliphatic carbocycles. The van der Waals surface area contributed by atoms with Gasteiger partial charge < -0.3 is 0 Å². The zero-order valence-corrected chi connectivity index (χ0v) is 9.22. The van der Waals surface area contributed by atoms with Crippen molar-refractivity contribution in [1.29, 1.82) is 0 Å². The van der Waals surface area contributed by atoms with E-state index in [9.17, 15) is 0 Å². The maximum atomic E-state index is 7.32. The molecule has 1 radical (unpaired) electrons. The Morgan fingerprint density at radius 3 is 2.64 bits per heavy atom. The molecule has 0 aliphatic rings. The number of benzene rings is 1.